The standard InChI is InChI=1S/C14H24N4O/c1-12(19)17-7-9-18(10-8-17)13-3-5-14(11-15,16-2)6-4-13/h13,16H,3-10H2,1-2H3. The van der Waals surface area contributed by atoms with Gasteiger partial charge in [0.05, 0.1) is 6.07 Å². The van der Waals surface area contributed by atoms with E-state index in [1.54, 1.807) is 6.92 Å². The molecule has 19 heavy (non-hydrogen) atoms. The molecule has 1 aliphatic heterocycles. The van der Waals surface area contributed by atoms with Gasteiger partial charge < -0.3 is 10.2 Å². The van der Waals surface area contributed by atoms with Gasteiger partial charge in [0, 0.05) is 39.1 Å². The van der Waals surface area contributed by atoms with Crippen LogP contribution in [-0.4, -0.2) is 60.5 Å². The summed E-state index contributed by atoms with van der Waals surface area (Å²) in [7, 11) is 1.88. The molecule has 5 heteroatoms. The Morgan fingerprint density at radius 3 is 2.26 bits per heavy atom. The number of hydrogen-bond acceptors (Lipinski definition) is 4. The van der Waals surface area contributed by atoms with Gasteiger partial charge in [-0.05, 0) is 32.7 Å². The number of nitrogens with zero attached hydrogens (tertiary/aromatic N) is 3. The van der Waals surface area contributed by atoms with Crippen LogP contribution in [0.1, 0.15) is 32.6 Å². The Hall–Kier alpha value is -1.12. The Morgan fingerprint density at radius 2 is 1.84 bits per heavy atom. The first-order chi connectivity index (χ1) is 9.10. The van der Waals surface area contributed by atoms with Gasteiger partial charge in [-0.1, -0.05) is 0 Å². The third kappa shape index (κ3) is 3.07. The van der Waals surface area contributed by atoms with Crippen LogP contribution in [0.2, 0.25) is 0 Å². The first-order valence-corrected chi connectivity index (χ1v) is 7.20. The summed E-state index contributed by atoms with van der Waals surface area (Å²) in [6.45, 7) is 5.29. The molecule has 1 saturated carbocycles. The van der Waals surface area contributed by atoms with Crippen molar-refractivity contribution < 1.29 is 4.79 Å². The summed E-state index contributed by atoms with van der Waals surface area (Å²) in [5.74, 6) is 0.182. The van der Waals surface area contributed by atoms with E-state index >= 15 is 0 Å². The molecule has 1 heterocycles. The Kier molecular flexibility index (Phi) is 4.43. The van der Waals surface area contributed by atoms with Crippen molar-refractivity contribution in [3.63, 3.8) is 0 Å². The largest absolute Gasteiger partial charge is 0.340 e. The zero-order valence-electron chi connectivity index (χ0n) is 12.0. The van der Waals surface area contributed by atoms with Gasteiger partial charge in [0.25, 0.3) is 0 Å². The van der Waals surface area contributed by atoms with Crippen molar-refractivity contribution in [3.05, 3.63) is 0 Å². The lowest BCUT2D eigenvalue weighted by Gasteiger charge is -2.43. The Labute approximate surface area is 115 Å². The van der Waals surface area contributed by atoms with Crippen LogP contribution in [0.25, 0.3) is 0 Å². The topological polar surface area (TPSA) is 59.4 Å². The molecule has 1 saturated heterocycles. The monoisotopic (exact) mass is 264 g/mol. The molecule has 0 atom stereocenters. The number of piperazine rings is 1. The molecule has 1 amide bonds. The lowest BCUT2D eigenvalue weighted by atomic mass is 9.80. The van der Waals surface area contributed by atoms with E-state index in [4.69, 9.17) is 0 Å². The fourth-order valence-corrected chi connectivity index (χ4v) is 3.28. The van der Waals surface area contributed by atoms with Crippen LogP contribution in [-0.2, 0) is 4.79 Å². The highest BCUT2D eigenvalue weighted by Gasteiger charge is 2.36. The van der Waals surface area contributed by atoms with Crippen LogP contribution in [0.5, 0.6) is 0 Å². The molecule has 2 aliphatic rings. The number of nitrogens with one attached hydrogen (secondary N) is 1. The highest BCUT2D eigenvalue weighted by atomic mass is 16.2. The molecule has 0 radical (unpaired) electrons. The first-order valence-electron chi connectivity index (χ1n) is 7.20. The van der Waals surface area contributed by atoms with Crippen molar-refractivity contribution in [2.75, 3.05) is 33.2 Å². The molecule has 2 rings (SSSR count). The Balaban J connectivity index is 1.83. The fourth-order valence-electron chi connectivity index (χ4n) is 3.28. The van der Waals surface area contributed by atoms with Crippen LogP contribution >= 0.6 is 0 Å². The van der Waals surface area contributed by atoms with Gasteiger partial charge in [-0.15, -0.1) is 0 Å². The normalized spacial score (nSPS) is 32.9. The van der Waals surface area contributed by atoms with Crippen molar-refractivity contribution >= 4 is 5.91 Å². The van der Waals surface area contributed by atoms with Gasteiger partial charge >= 0.3 is 0 Å². The minimum atomic E-state index is -0.308. The average Bonchev–Trinajstić information content (AvgIpc) is 2.47. The van der Waals surface area contributed by atoms with Crippen molar-refractivity contribution in [1.82, 2.24) is 15.1 Å². The maximum atomic E-state index is 11.3. The van der Waals surface area contributed by atoms with Crippen molar-refractivity contribution in [3.8, 4) is 6.07 Å². The maximum absolute atomic E-state index is 11.3. The first kappa shape index (κ1) is 14.3. The highest BCUT2D eigenvalue weighted by molar-refractivity contribution is 5.73. The predicted octanol–water partition coefficient (Wildman–Crippen LogP) is 0.575. The second-order valence-corrected chi connectivity index (χ2v) is 5.72. The van der Waals surface area contributed by atoms with E-state index < -0.39 is 0 Å². The molecular formula is C14H24N4O. The SMILES string of the molecule is CNC1(C#N)CCC(N2CCN(C(C)=O)CC2)CC1. The van der Waals surface area contributed by atoms with Gasteiger partial charge in [0.2, 0.25) is 5.91 Å². The summed E-state index contributed by atoms with van der Waals surface area (Å²) in [6.07, 6.45) is 4.01. The molecule has 0 spiro atoms. The number of rotatable bonds is 2. The van der Waals surface area contributed by atoms with Crippen molar-refractivity contribution in [2.45, 2.75) is 44.2 Å². The van der Waals surface area contributed by atoms with Crippen molar-refractivity contribution in [1.29, 1.82) is 5.26 Å². The minimum Gasteiger partial charge on any atom is -0.340 e. The van der Waals surface area contributed by atoms with Crippen LogP contribution in [0, 0.1) is 11.3 Å². The van der Waals surface area contributed by atoms with E-state index in [-0.39, 0.29) is 11.4 Å². The zero-order valence-corrected chi connectivity index (χ0v) is 12.0. The molecule has 0 aromatic rings. The lowest BCUT2D eigenvalue weighted by molar-refractivity contribution is -0.131. The molecule has 0 bridgehead atoms. The quantitative estimate of drug-likeness (QED) is 0.792. The lowest BCUT2D eigenvalue weighted by Crippen LogP contribution is -2.54. The van der Waals surface area contributed by atoms with Gasteiger partial charge in [-0.25, -0.2) is 0 Å². The Morgan fingerprint density at radius 1 is 1.26 bits per heavy atom. The van der Waals surface area contributed by atoms with Gasteiger partial charge in [0.15, 0.2) is 0 Å². The van der Waals surface area contributed by atoms with E-state index in [1.807, 2.05) is 11.9 Å². The van der Waals surface area contributed by atoms with E-state index in [2.05, 4.69) is 16.3 Å². The highest BCUT2D eigenvalue weighted by Crippen LogP contribution is 2.30. The molecular weight excluding hydrogens is 240 g/mol. The van der Waals surface area contributed by atoms with Crippen LogP contribution in [0.3, 0.4) is 0 Å². The molecule has 1 aliphatic carbocycles. The molecule has 0 aromatic carbocycles. The van der Waals surface area contributed by atoms with Crippen LogP contribution < -0.4 is 5.32 Å². The number of carbonyl (C=O) groups is 1. The third-order valence-electron chi connectivity index (χ3n) is 4.78. The molecule has 5 nitrogen and oxygen atoms in total. The Bertz CT molecular complexity index is 360. The summed E-state index contributed by atoms with van der Waals surface area (Å²) in [6, 6.07) is 3.02. The summed E-state index contributed by atoms with van der Waals surface area (Å²) in [4.78, 5) is 15.7. The maximum Gasteiger partial charge on any atom is 0.219 e. The predicted molar refractivity (Wildman–Crippen MR) is 73.5 cm³/mol. The minimum absolute atomic E-state index is 0.182. The zero-order chi connectivity index (χ0) is 13.9. The number of hydrogen-bond donors (Lipinski definition) is 1. The average molecular weight is 264 g/mol. The van der Waals surface area contributed by atoms with Gasteiger partial charge in [-0.2, -0.15) is 5.26 Å². The van der Waals surface area contributed by atoms with E-state index in [0.29, 0.717) is 6.04 Å². The number of carbonyl (C=O) groups excluding carboxylic acids is 1. The third-order valence-corrected chi connectivity index (χ3v) is 4.78. The molecule has 2 fully saturated rings. The molecule has 0 aromatic heterocycles. The smallest absolute Gasteiger partial charge is 0.219 e. The van der Waals surface area contributed by atoms with Gasteiger partial charge in [0.1, 0.15) is 5.54 Å². The summed E-state index contributed by atoms with van der Waals surface area (Å²) in [5.41, 5.74) is -0.308. The second-order valence-electron chi connectivity index (χ2n) is 5.72. The summed E-state index contributed by atoms with van der Waals surface area (Å²) >= 11 is 0. The van der Waals surface area contributed by atoms with E-state index in [1.165, 1.54) is 0 Å². The van der Waals surface area contributed by atoms with Crippen LogP contribution in [0.15, 0.2) is 0 Å². The van der Waals surface area contributed by atoms with Crippen molar-refractivity contribution in [2.24, 2.45) is 0 Å². The second kappa shape index (κ2) is 5.89. The fraction of sp³-hybridized carbons (Fsp3) is 0.857. The molecule has 106 valence electrons. The van der Waals surface area contributed by atoms with E-state index in [9.17, 15) is 10.1 Å². The van der Waals surface area contributed by atoms with Gasteiger partial charge in [-0.3, -0.25) is 9.69 Å². The molecule has 0 unspecified atom stereocenters. The van der Waals surface area contributed by atoms with Crippen LogP contribution in [0.4, 0.5) is 0 Å². The summed E-state index contributed by atoms with van der Waals surface area (Å²) < 4.78 is 0. The number of amides is 1. The molecule has 1 N–H and O–H groups in total. The van der Waals surface area contributed by atoms with E-state index in [0.717, 1.165) is 51.9 Å². The summed E-state index contributed by atoms with van der Waals surface area (Å²) in [5, 5.41) is 12.4. The number of nitriles is 1.